The van der Waals surface area contributed by atoms with E-state index in [1.807, 2.05) is 17.3 Å². The predicted octanol–water partition coefficient (Wildman–Crippen LogP) is 3.28. The van der Waals surface area contributed by atoms with E-state index in [0.717, 1.165) is 37.6 Å². The molecular weight excluding hydrogens is 344 g/mol. The van der Waals surface area contributed by atoms with Gasteiger partial charge >= 0.3 is 0 Å². The summed E-state index contributed by atoms with van der Waals surface area (Å²) >= 11 is 1.48. The quantitative estimate of drug-likeness (QED) is 0.901. The second-order valence-electron chi connectivity index (χ2n) is 7.50. The molecule has 6 heteroatoms. The molecule has 1 atom stereocenters. The van der Waals surface area contributed by atoms with Crippen LogP contribution < -0.4 is 5.32 Å². The van der Waals surface area contributed by atoms with Gasteiger partial charge in [0.25, 0.3) is 5.91 Å². The van der Waals surface area contributed by atoms with E-state index in [1.165, 1.54) is 23.3 Å². The Morgan fingerprint density at radius 2 is 2.00 bits per heavy atom. The fraction of sp³-hybridized carbons (Fsp3) is 0.500. The molecule has 2 fully saturated rings. The highest BCUT2D eigenvalue weighted by Gasteiger charge is 2.46. The number of hydrogen-bond donors (Lipinski definition) is 1. The summed E-state index contributed by atoms with van der Waals surface area (Å²) in [7, 11) is 4.08. The molecule has 1 aromatic carbocycles. The molecule has 138 valence electrons. The Morgan fingerprint density at radius 3 is 2.65 bits per heavy atom. The number of rotatable bonds is 3. The minimum Gasteiger partial charge on any atom is -0.365 e. The molecule has 0 radical (unpaired) electrons. The molecule has 2 saturated heterocycles. The number of hydrogen-bond acceptors (Lipinski definition) is 5. The van der Waals surface area contributed by atoms with Gasteiger partial charge in [-0.3, -0.25) is 9.69 Å². The van der Waals surface area contributed by atoms with E-state index in [1.54, 1.807) is 0 Å². The van der Waals surface area contributed by atoms with E-state index in [2.05, 4.69) is 52.6 Å². The SMILES string of the molecule is CNc1nc(C(=O)N2CCC3(CC2)CC(c2ccccc2)CN3C)cs1. The Labute approximate surface area is 159 Å². The molecule has 1 N–H and O–H groups in total. The average molecular weight is 371 g/mol. The van der Waals surface area contributed by atoms with Crippen LogP contribution in [0.15, 0.2) is 35.7 Å². The van der Waals surface area contributed by atoms with Crippen LogP contribution >= 0.6 is 11.3 Å². The van der Waals surface area contributed by atoms with Gasteiger partial charge in [-0.25, -0.2) is 4.98 Å². The van der Waals surface area contributed by atoms with Crippen LogP contribution in [0.3, 0.4) is 0 Å². The first-order chi connectivity index (χ1) is 12.6. The standard InChI is InChI=1S/C20H26N4OS/c1-21-19-22-17(14-26-19)18(25)24-10-8-20(9-11-24)12-16(13-23(20)2)15-6-4-3-5-7-15/h3-7,14,16H,8-13H2,1-2H3,(H,21,22). The number of nitrogens with zero attached hydrogens (tertiary/aromatic N) is 3. The highest BCUT2D eigenvalue weighted by atomic mass is 32.1. The largest absolute Gasteiger partial charge is 0.365 e. The third kappa shape index (κ3) is 3.12. The van der Waals surface area contributed by atoms with Gasteiger partial charge in [0, 0.05) is 37.6 Å². The Bertz CT molecular complexity index is 767. The topological polar surface area (TPSA) is 48.5 Å². The molecule has 1 aromatic heterocycles. The molecule has 2 aliphatic rings. The van der Waals surface area contributed by atoms with Crippen molar-refractivity contribution in [1.82, 2.24) is 14.8 Å². The van der Waals surface area contributed by atoms with Crippen molar-refractivity contribution < 1.29 is 4.79 Å². The fourth-order valence-electron chi connectivity index (χ4n) is 4.51. The second-order valence-corrected chi connectivity index (χ2v) is 8.35. The van der Waals surface area contributed by atoms with Crippen LogP contribution in [0.1, 0.15) is 41.2 Å². The van der Waals surface area contributed by atoms with Crippen molar-refractivity contribution in [2.24, 2.45) is 0 Å². The minimum atomic E-state index is 0.0675. The van der Waals surface area contributed by atoms with Gasteiger partial charge in [0.2, 0.25) is 0 Å². The number of thiazole rings is 1. The van der Waals surface area contributed by atoms with Crippen LogP contribution in [-0.2, 0) is 0 Å². The van der Waals surface area contributed by atoms with E-state index in [9.17, 15) is 4.79 Å². The number of anilines is 1. The monoisotopic (exact) mass is 370 g/mol. The second kappa shape index (κ2) is 7.00. The van der Waals surface area contributed by atoms with Crippen molar-refractivity contribution in [1.29, 1.82) is 0 Å². The Morgan fingerprint density at radius 1 is 1.27 bits per heavy atom. The van der Waals surface area contributed by atoms with Crippen molar-refractivity contribution in [2.45, 2.75) is 30.7 Å². The minimum absolute atomic E-state index is 0.0675. The van der Waals surface area contributed by atoms with Crippen LogP contribution in [0.5, 0.6) is 0 Å². The van der Waals surface area contributed by atoms with Crippen LogP contribution in [0, 0.1) is 0 Å². The zero-order chi connectivity index (χ0) is 18.1. The Kier molecular flexibility index (Phi) is 4.71. The number of likely N-dealkylation sites (tertiary alicyclic amines) is 2. The van der Waals surface area contributed by atoms with E-state index in [0.29, 0.717) is 11.6 Å². The number of likely N-dealkylation sites (N-methyl/N-ethyl adjacent to an activating group) is 1. The summed E-state index contributed by atoms with van der Waals surface area (Å²) in [5.41, 5.74) is 2.24. The molecule has 3 heterocycles. The summed E-state index contributed by atoms with van der Waals surface area (Å²) < 4.78 is 0. The summed E-state index contributed by atoms with van der Waals surface area (Å²) in [6.07, 6.45) is 3.28. The summed E-state index contributed by atoms with van der Waals surface area (Å²) in [6, 6.07) is 10.8. The summed E-state index contributed by atoms with van der Waals surface area (Å²) in [5.74, 6) is 0.665. The molecule has 2 aromatic rings. The molecule has 0 aliphatic carbocycles. The predicted molar refractivity (Wildman–Crippen MR) is 106 cm³/mol. The van der Waals surface area contributed by atoms with E-state index >= 15 is 0 Å². The van der Waals surface area contributed by atoms with Crippen LogP contribution in [0.4, 0.5) is 5.13 Å². The van der Waals surface area contributed by atoms with Crippen LogP contribution in [-0.4, -0.2) is 60.0 Å². The first-order valence-corrected chi connectivity index (χ1v) is 10.2. The zero-order valence-corrected chi connectivity index (χ0v) is 16.3. The third-order valence-electron chi connectivity index (χ3n) is 6.12. The van der Waals surface area contributed by atoms with Gasteiger partial charge < -0.3 is 10.2 Å². The molecule has 1 spiro atoms. The Balaban J connectivity index is 1.42. The zero-order valence-electron chi connectivity index (χ0n) is 15.4. The maximum atomic E-state index is 12.7. The molecule has 0 bridgehead atoms. The smallest absolute Gasteiger partial charge is 0.273 e. The first-order valence-electron chi connectivity index (χ1n) is 9.30. The molecule has 2 aliphatic heterocycles. The number of amides is 1. The lowest BCUT2D eigenvalue weighted by Gasteiger charge is -2.43. The van der Waals surface area contributed by atoms with Gasteiger partial charge in [-0.15, -0.1) is 11.3 Å². The summed E-state index contributed by atoms with van der Waals surface area (Å²) in [5, 5.41) is 5.65. The van der Waals surface area contributed by atoms with Gasteiger partial charge in [0.15, 0.2) is 5.13 Å². The van der Waals surface area contributed by atoms with Gasteiger partial charge in [-0.1, -0.05) is 30.3 Å². The first kappa shape index (κ1) is 17.5. The molecular formula is C20H26N4OS. The van der Waals surface area contributed by atoms with Crippen molar-refractivity contribution >= 4 is 22.4 Å². The van der Waals surface area contributed by atoms with Crippen molar-refractivity contribution in [3.05, 3.63) is 47.0 Å². The lowest BCUT2D eigenvalue weighted by atomic mass is 9.81. The van der Waals surface area contributed by atoms with Gasteiger partial charge in [0.05, 0.1) is 0 Å². The van der Waals surface area contributed by atoms with E-state index in [4.69, 9.17) is 0 Å². The number of carbonyl (C=O) groups excluding carboxylic acids is 1. The van der Waals surface area contributed by atoms with Gasteiger partial charge in [-0.2, -0.15) is 0 Å². The third-order valence-corrected chi connectivity index (χ3v) is 6.98. The fourth-order valence-corrected chi connectivity index (χ4v) is 5.16. The number of nitrogens with one attached hydrogen (secondary N) is 1. The van der Waals surface area contributed by atoms with Gasteiger partial charge in [-0.05, 0) is 37.8 Å². The van der Waals surface area contributed by atoms with Crippen LogP contribution in [0.25, 0.3) is 0 Å². The highest BCUT2D eigenvalue weighted by Crippen LogP contribution is 2.44. The number of carbonyl (C=O) groups is 1. The number of benzene rings is 1. The lowest BCUT2D eigenvalue weighted by Crippen LogP contribution is -2.52. The molecule has 5 nitrogen and oxygen atoms in total. The number of piperidine rings is 1. The van der Waals surface area contributed by atoms with Crippen LogP contribution in [0.2, 0.25) is 0 Å². The molecule has 1 amide bonds. The number of aromatic nitrogens is 1. The molecule has 0 saturated carbocycles. The maximum Gasteiger partial charge on any atom is 0.273 e. The molecule has 1 unspecified atom stereocenters. The summed E-state index contributed by atoms with van der Waals surface area (Å²) in [6.45, 7) is 2.74. The molecule has 26 heavy (non-hydrogen) atoms. The van der Waals surface area contributed by atoms with E-state index < -0.39 is 0 Å². The maximum absolute atomic E-state index is 12.7. The average Bonchev–Trinajstić information content (AvgIpc) is 3.28. The van der Waals surface area contributed by atoms with Gasteiger partial charge in [0.1, 0.15) is 5.69 Å². The van der Waals surface area contributed by atoms with Crippen molar-refractivity contribution in [2.75, 3.05) is 39.0 Å². The Hall–Kier alpha value is -1.92. The molecule has 4 rings (SSSR count). The summed E-state index contributed by atoms with van der Waals surface area (Å²) in [4.78, 5) is 21.6. The highest BCUT2D eigenvalue weighted by molar-refractivity contribution is 7.13. The van der Waals surface area contributed by atoms with Crippen molar-refractivity contribution in [3.8, 4) is 0 Å². The van der Waals surface area contributed by atoms with Crippen molar-refractivity contribution in [3.63, 3.8) is 0 Å². The lowest BCUT2D eigenvalue weighted by molar-refractivity contribution is 0.0488. The normalized spacial score (nSPS) is 22.7. The van der Waals surface area contributed by atoms with E-state index in [-0.39, 0.29) is 11.4 Å².